The summed E-state index contributed by atoms with van der Waals surface area (Å²) < 4.78 is 5.20. The van der Waals surface area contributed by atoms with Crippen molar-refractivity contribution in [1.29, 1.82) is 0 Å². The molecule has 0 aliphatic carbocycles. The largest absolute Gasteiger partial charge is 0.497 e. The van der Waals surface area contributed by atoms with Crippen LogP contribution in [-0.2, 0) is 5.41 Å². The van der Waals surface area contributed by atoms with E-state index in [2.05, 4.69) is 41.4 Å². The van der Waals surface area contributed by atoms with Crippen LogP contribution in [0.25, 0.3) is 0 Å². The summed E-state index contributed by atoms with van der Waals surface area (Å²) in [6.07, 6.45) is 2.97. The first-order chi connectivity index (χ1) is 13.3. The molecule has 1 amide bonds. The second kappa shape index (κ2) is 8.08. The number of benzene rings is 2. The van der Waals surface area contributed by atoms with Gasteiger partial charge < -0.3 is 15.4 Å². The zero-order valence-corrected chi connectivity index (χ0v) is 16.5. The summed E-state index contributed by atoms with van der Waals surface area (Å²) in [4.78, 5) is 20.9. The molecule has 1 aromatic heterocycles. The normalized spacial score (nSPS) is 11.0. The number of hydrogen-bond acceptors (Lipinski definition) is 5. The van der Waals surface area contributed by atoms with Gasteiger partial charge in [-0.3, -0.25) is 4.79 Å². The van der Waals surface area contributed by atoms with Crippen molar-refractivity contribution in [3.8, 4) is 5.75 Å². The summed E-state index contributed by atoms with van der Waals surface area (Å²) in [7, 11) is 1.61. The first-order valence-corrected chi connectivity index (χ1v) is 9.00. The number of anilines is 3. The minimum atomic E-state index is -0.302. The zero-order chi connectivity index (χ0) is 20.1. The van der Waals surface area contributed by atoms with Crippen LogP contribution in [0.15, 0.2) is 60.9 Å². The lowest BCUT2D eigenvalue weighted by Gasteiger charge is -2.19. The third-order valence-corrected chi connectivity index (χ3v) is 4.24. The van der Waals surface area contributed by atoms with Crippen molar-refractivity contribution >= 4 is 23.1 Å². The Morgan fingerprint density at radius 1 is 0.964 bits per heavy atom. The van der Waals surface area contributed by atoms with E-state index in [0.717, 1.165) is 17.1 Å². The first kappa shape index (κ1) is 19.4. The van der Waals surface area contributed by atoms with Gasteiger partial charge in [0.05, 0.1) is 19.5 Å². The van der Waals surface area contributed by atoms with Crippen molar-refractivity contribution in [3.63, 3.8) is 0 Å². The van der Waals surface area contributed by atoms with Gasteiger partial charge in [-0.05, 0) is 35.2 Å². The van der Waals surface area contributed by atoms with E-state index in [1.165, 1.54) is 18.0 Å². The Bertz CT molecular complexity index is 946. The van der Waals surface area contributed by atoms with Crippen LogP contribution >= 0.6 is 0 Å². The number of hydrogen-bond donors (Lipinski definition) is 2. The van der Waals surface area contributed by atoms with Crippen LogP contribution in [0.1, 0.15) is 36.8 Å². The molecule has 0 saturated carbocycles. The van der Waals surface area contributed by atoms with Crippen LogP contribution in [0, 0.1) is 0 Å². The Kier molecular flexibility index (Phi) is 5.59. The van der Waals surface area contributed by atoms with Gasteiger partial charge in [0.15, 0.2) is 0 Å². The van der Waals surface area contributed by atoms with Gasteiger partial charge >= 0.3 is 0 Å². The lowest BCUT2D eigenvalue weighted by Crippen LogP contribution is -2.15. The molecular weight excluding hydrogens is 352 g/mol. The zero-order valence-electron chi connectivity index (χ0n) is 16.5. The molecule has 2 aromatic carbocycles. The van der Waals surface area contributed by atoms with E-state index in [-0.39, 0.29) is 17.0 Å². The van der Waals surface area contributed by atoms with Crippen molar-refractivity contribution in [1.82, 2.24) is 9.97 Å². The summed E-state index contributed by atoms with van der Waals surface area (Å²) in [6, 6.07) is 15.3. The number of amides is 1. The molecule has 144 valence electrons. The van der Waals surface area contributed by atoms with E-state index < -0.39 is 0 Å². The Labute approximate surface area is 165 Å². The molecule has 6 heteroatoms. The van der Waals surface area contributed by atoms with Crippen molar-refractivity contribution in [2.24, 2.45) is 0 Å². The molecule has 3 aromatic rings. The average molecular weight is 376 g/mol. The number of methoxy groups -OCH3 is 1. The highest BCUT2D eigenvalue weighted by Crippen LogP contribution is 2.24. The maximum absolute atomic E-state index is 12.4. The van der Waals surface area contributed by atoms with E-state index in [1.807, 2.05) is 48.5 Å². The number of nitrogens with one attached hydrogen (secondary N) is 2. The minimum Gasteiger partial charge on any atom is -0.497 e. The minimum absolute atomic E-state index is 0.0691. The van der Waals surface area contributed by atoms with E-state index in [9.17, 15) is 4.79 Å². The van der Waals surface area contributed by atoms with Crippen LogP contribution in [0.5, 0.6) is 5.75 Å². The third-order valence-electron chi connectivity index (χ3n) is 4.24. The molecule has 3 rings (SSSR count). The molecule has 0 radical (unpaired) electrons. The third kappa shape index (κ3) is 4.85. The fraction of sp³-hybridized carbons (Fsp3) is 0.227. The number of nitrogens with zero attached hydrogens (tertiary/aromatic N) is 2. The van der Waals surface area contributed by atoms with Crippen molar-refractivity contribution in [3.05, 3.63) is 72.2 Å². The summed E-state index contributed by atoms with van der Waals surface area (Å²) >= 11 is 0. The summed E-state index contributed by atoms with van der Waals surface area (Å²) in [5.74, 6) is 0.981. The van der Waals surface area contributed by atoms with Gasteiger partial charge in [0.1, 0.15) is 17.3 Å². The maximum Gasteiger partial charge on any atom is 0.275 e. The van der Waals surface area contributed by atoms with Gasteiger partial charge in [0, 0.05) is 17.4 Å². The fourth-order valence-corrected chi connectivity index (χ4v) is 2.61. The highest BCUT2D eigenvalue weighted by molar-refractivity contribution is 6.02. The second-order valence-electron chi connectivity index (χ2n) is 7.43. The highest BCUT2D eigenvalue weighted by Gasteiger charge is 2.14. The van der Waals surface area contributed by atoms with Gasteiger partial charge in [-0.15, -0.1) is 0 Å². The van der Waals surface area contributed by atoms with Crippen molar-refractivity contribution < 1.29 is 9.53 Å². The molecule has 1 heterocycles. The Hall–Kier alpha value is -3.41. The maximum atomic E-state index is 12.4. The van der Waals surface area contributed by atoms with Gasteiger partial charge in [-0.25, -0.2) is 9.97 Å². The summed E-state index contributed by atoms with van der Waals surface area (Å²) in [5, 5.41) is 5.97. The lowest BCUT2D eigenvalue weighted by atomic mass is 9.87. The molecule has 0 aliphatic heterocycles. The Balaban J connectivity index is 1.65. The number of rotatable bonds is 5. The smallest absolute Gasteiger partial charge is 0.275 e. The van der Waals surface area contributed by atoms with Crippen LogP contribution < -0.4 is 15.4 Å². The molecule has 0 atom stereocenters. The Morgan fingerprint density at radius 2 is 1.71 bits per heavy atom. The second-order valence-corrected chi connectivity index (χ2v) is 7.43. The van der Waals surface area contributed by atoms with Crippen molar-refractivity contribution in [2.45, 2.75) is 26.2 Å². The first-order valence-electron chi connectivity index (χ1n) is 9.00. The van der Waals surface area contributed by atoms with E-state index in [0.29, 0.717) is 5.82 Å². The number of carbonyl (C=O) groups excluding carboxylic acids is 1. The van der Waals surface area contributed by atoms with Crippen LogP contribution in [0.2, 0.25) is 0 Å². The number of ether oxygens (including phenoxy) is 1. The molecule has 0 unspecified atom stereocenters. The van der Waals surface area contributed by atoms with Crippen LogP contribution in [0.4, 0.5) is 17.2 Å². The monoisotopic (exact) mass is 376 g/mol. The topological polar surface area (TPSA) is 76.1 Å². The van der Waals surface area contributed by atoms with E-state index in [4.69, 9.17) is 4.74 Å². The molecule has 0 aliphatic rings. The highest BCUT2D eigenvalue weighted by atomic mass is 16.5. The summed E-state index contributed by atoms with van der Waals surface area (Å²) in [5.41, 5.74) is 3.07. The quantitative estimate of drug-likeness (QED) is 0.670. The predicted octanol–water partition coefficient (Wildman–Crippen LogP) is 4.78. The fourth-order valence-electron chi connectivity index (χ4n) is 2.61. The molecule has 6 nitrogen and oxygen atoms in total. The van der Waals surface area contributed by atoms with Crippen LogP contribution in [0.3, 0.4) is 0 Å². The molecule has 0 bridgehead atoms. The van der Waals surface area contributed by atoms with Gasteiger partial charge in [0.2, 0.25) is 0 Å². The standard InChI is InChI=1S/C22H24N4O2/c1-22(2,3)15-8-10-16(11-9-15)26-21(27)19-13-24-20(14-23-19)25-17-6-5-7-18(12-17)28-4/h5-14H,1-4H3,(H,24,25)(H,26,27). The van der Waals surface area contributed by atoms with E-state index in [1.54, 1.807) is 7.11 Å². The molecule has 0 fully saturated rings. The molecule has 0 spiro atoms. The molecule has 2 N–H and O–H groups in total. The SMILES string of the molecule is COc1cccc(Nc2cnc(C(=O)Nc3ccc(C(C)(C)C)cc3)cn2)c1. The van der Waals surface area contributed by atoms with Gasteiger partial charge in [0.25, 0.3) is 5.91 Å². The lowest BCUT2D eigenvalue weighted by molar-refractivity contribution is 0.102. The van der Waals surface area contributed by atoms with Crippen LogP contribution in [-0.4, -0.2) is 23.0 Å². The van der Waals surface area contributed by atoms with Crippen molar-refractivity contribution in [2.75, 3.05) is 17.7 Å². The molecule has 0 saturated heterocycles. The van der Waals surface area contributed by atoms with Gasteiger partial charge in [-0.2, -0.15) is 0 Å². The van der Waals surface area contributed by atoms with E-state index >= 15 is 0 Å². The number of aromatic nitrogens is 2. The number of carbonyl (C=O) groups is 1. The predicted molar refractivity (Wildman–Crippen MR) is 111 cm³/mol. The molecule has 28 heavy (non-hydrogen) atoms. The van der Waals surface area contributed by atoms with Gasteiger partial charge in [-0.1, -0.05) is 39.0 Å². The average Bonchev–Trinajstić information content (AvgIpc) is 2.68. The Morgan fingerprint density at radius 3 is 2.32 bits per heavy atom. The summed E-state index contributed by atoms with van der Waals surface area (Å²) in [6.45, 7) is 6.45. The molecular formula is C22H24N4O2.